The first-order valence-corrected chi connectivity index (χ1v) is 7.41. The van der Waals surface area contributed by atoms with E-state index in [4.69, 9.17) is 9.47 Å². The SMILES string of the molecule is CC1OC(Cc2c3n(c4c(F)cccc24)C[C@@H](O)CC3)O1. The first-order valence-electron chi connectivity index (χ1n) is 7.41. The molecule has 0 spiro atoms. The van der Waals surface area contributed by atoms with Gasteiger partial charge in [0.15, 0.2) is 12.6 Å². The Kier molecular flexibility index (Phi) is 3.03. The highest BCUT2D eigenvalue weighted by atomic mass is 19.1. The van der Waals surface area contributed by atoms with E-state index in [-0.39, 0.29) is 18.4 Å². The molecule has 0 bridgehead atoms. The van der Waals surface area contributed by atoms with Crippen molar-refractivity contribution in [2.24, 2.45) is 0 Å². The maximum Gasteiger partial charge on any atom is 0.167 e. The molecule has 4 rings (SSSR count). The van der Waals surface area contributed by atoms with Crippen LogP contribution in [0.15, 0.2) is 18.2 Å². The molecule has 0 aliphatic carbocycles. The Morgan fingerprint density at radius 3 is 2.95 bits per heavy atom. The summed E-state index contributed by atoms with van der Waals surface area (Å²) >= 11 is 0. The van der Waals surface area contributed by atoms with Crippen LogP contribution in [-0.4, -0.2) is 28.4 Å². The highest BCUT2D eigenvalue weighted by Crippen LogP contribution is 2.34. The number of aromatic nitrogens is 1. The molecule has 0 radical (unpaired) electrons. The molecular formula is C16H18FNO3. The van der Waals surface area contributed by atoms with E-state index >= 15 is 0 Å². The lowest BCUT2D eigenvalue weighted by molar-refractivity contribution is -0.374. The lowest BCUT2D eigenvalue weighted by atomic mass is 10.0. The van der Waals surface area contributed by atoms with Crippen LogP contribution in [0, 0.1) is 5.82 Å². The van der Waals surface area contributed by atoms with Gasteiger partial charge in [0.1, 0.15) is 5.82 Å². The average Bonchev–Trinajstić information content (AvgIpc) is 2.72. The normalized spacial score (nSPS) is 28.4. The molecule has 0 unspecified atom stereocenters. The fourth-order valence-electron chi connectivity index (χ4n) is 3.51. The predicted octanol–water partition coefficient (Wildman–Crippen LogP) is 2.35. The maximum absolute atomic E-state index is 14.2. The number of benzene rings is 1. The van der Waals surface area contributed by atoms with Crippen molar-refractivity contribution in [2.75, 3.05) is 0 Å². The molecule has 112 valence electrons. The van der Waals surface area contributed by atoms with Crippen LogP contribution in [0.25, 0.3) is 10.9 Å². The van der Waals surface area contributed by atoms with Gasteiger partial charge in [-0.25, -0.2) is 4.39 Å². The van der Waals surface area contributed by atoms with Crippen molar-refractivity contribution in [2.45, 2.75) is 51.4 Å². The summed E-state index contributed by atoms with van der Waals surface area (Å²) in [6, 6.07) is 5.14. The third-order valence-electron chi connectivity index (χ3n) is 4.42. The lowest BCUT2D eigenvalue weighted by Crippen LogP contribution is -2.40. The van der Waals surface area contributed by atoms with Crippen LogP contribution in [-0.2, 0) is 28.9 Å². The summed E-state index contributed by atoms with van der Waals surface area (Å²) in [5, 5.41) is 10.8. The van der Waals surface area contributed by atoms with Crippen molar-refractivity contribution in [3.8, 4) is 0 Å². The van der Waals surface area contributed by atoms with Crippen LogP contribution in [0.4, 0.5) is 4.39 Å². The zero-order valence-corrected chi connectivity index (χ0v) is 11.9. The molecule has 1 atom stereocenters. The molecule has 0 saturated carbocycles. The van der Waals surface area contributed by atoms with E-state index in [9.17, 15) is 9.50 Å². The molecular weight excluding hydrogens is 273 g/mol. The van der Waals surface area contributed by atoms with E-state index in [1.165, 1.54) is 6.07 Å². The van der Waals surface area contributed by atoms with Crippen LogP contribution in [0.1, 0.15) is 24.6 Å². The van der Waals surface area contributed by atoms with Crippen LogP contribution in [0.2, 0.25) is 0 Å². The number of rotatable bonds is 2. The number of para-hydroxylation sites is 1. The summed E-state index contributed by atoms with van der Waals surface area (Å²) in [6.07, 6.45) is 1.30. The second-order valence-electron chi connectivity index (χ2n) is 5.84. The summed E-state index contributed by atoms with van der Waals surface area (Å²) in [4.78, 5) is 0. The van der Waals surface area contributed by atoms with Gasteiger partial charge in [0.05, 0.1) is 11.6 Å². The minimum atomic E-state index is -0.406. The van der Waals surface area contributed by atoms with Crippen molar-refractivity contribution >= 4 is 10.9 Å². The number of aliphatic hydroxyl groups is 1. The number of hydrogen-bond donors (Lipinski definition) is 1. The number of ether oxygens (including phenoxy) is 2. The monoisotopic (exact) mass is 291 g/mol. The van der Waals surface area contributed by atoms with Gasteiger partial charge in [-0.05, 0) is 31.4 Å². The smallest absolute Gasteiger partial charge is 0.167 e. The van der Waals surface area contributed by atoms with E-state index in [1.54, 1.807) is 6.07 Å². The summed E-state index contributed by atoms with van der Waals surface area (Å²) in [7, 11) is 0. The zero-order valence-electron chi connectivity index (χ0n) is 11.9. The summed E-state index contributed by atoms with van der Waals surface area (Å²) < 4.78 is 27.2. The average molecular weight is 291 g/mol. The standard InChI is InChI=1S/C16H18FNO3/c1-9-20-15(21-9)7-12-11-3-2-4-13(17)16(11)18-8-10(19)5-6-14(12)18/h2-4,9-10,15,19H,5-8H2,1H3/t9?,10-,15?/m0/s1. The van der Waals surface area contributed by atoms with Crippen LogP contribution in [0.3, 0.4) is 0 Å². The molecule has 0 amide bonds. The van der Waals surface area contributed by atoms with E-state index in [1.807, 2.05) is 17.6 Å². The predicted molar refractivity (Wildman–Crippen MR) is 75.3 cm³/mol. The van der Waals surface area contributed by atoms with Crippen molar-refractivity contribution in [3.63, 3.8) is 0 Å². The summed E-state index contributed by atoms with van der Waals surface area (Å²) in [5.74, 6) is -0.238. The minimum Gasteiger partial charge on any atom is -0.391 e. The minimum absolute atomic E-state index is 0.154. The van der Waals surface area contributed by atoms with E-state index in [0.717, 1.165) is 23.1 Å². The molecule has 1 N–H and O–H groups in total. The quantitative estimate of drug-likeness (QED) is 0.923. The van der Waals surface area contributed by atoms with Gasteiger partial charge in [-0.15, -0.1) is 0 Å². The summed E-state index contributed by atoms with van der Waals surface area (Å²) in [5.41, 5.74) is 2.79. The van der Waals surface area contributed by atoms with Crippen molar-refractivity contribution in [1.29, 1.82) is 0 Å². The maximum atomic E-state index is 14.2. The highest BCUT2D eigenvalue weighted by molar-refractivity contribution is 5.86. The fourth-order valence-corrected chi connectivity index (χ4v) is 3.51. The fraction of sp³-hybridized carbons (Fsp3) is 0.500. The molecule has 1 aromatic heterocycles. The Labute approximate surface area is 122 Å². The number of aliphatic hydroxyl groups excluding tert-OH is 1. The van der Waals surface area contributed by atoms with E-state index in [0.29, 0.717) is 24.9 Å². The highest BCUT2D eigenvalue weighted by Gasteiger charge is 2.31. The van der Waals surface area contributed by atoms with Crippen LogP contribution < -0.4 is 0 Å². The van der Waals surface area contributed by atoms with Crippen molar-refractivity contribution in [1.82, 2.24) is 4.57 Å². The number of hydrogen-bond acceptors (Lipinski definition) is 3. The molecule has 1 fully saturated rings. The number of fused-ring (bicyclic) bond motifs is 3. The van der Waals surface area contributed by atoms with Gasteiger partial charge in [0.2, 0.25) is 0 Å². The molecule has 5 heteroatoms. The van der Waals surface area contributed by atoms with Gasteiger partial charge in [-0.3, -0.25) is 0 Å². The Morgan fingerprint density at radius 2 is 2.19 bits per heavy atom. The molecule has 2 aliphatic heterocycles. The zero-order chi connectivity index (χ0) is 14.6. The van der Waals surface area contributed by atoms with Gasteiger partial charge >= 0.3 is 0 Å². The number of halogens is 1. The second-order valence-corrected chi connectivity index (χ2v) is 5.84. The third-order valence-corrected chi connectivity index (χ3v) is 4.42. The van der Waals surface area contributed by atoms with Gasteiger partial charge in [-0.2, -0.15) is 0 Å². The largest absolute Gasteiger partial charge is 0.391 e. The Morgan fingerprint density at radius 1 is 1.38 bits per heavy atom. The lowest BCUT2D eigenvalue weighted by Gasteiger charge is -2.34. The van der Waals surface area contributed by atoms with Crippen LogP contribution >= 0.6 is 0 Å². The molecule has 4 nitrogen and oxygen atoms in total. The number of nitrogens with zero attached hydrogens (tertiary/aromatic N) is 1. The first-order chi connectivity index (χ1) is 10.1. The Balaban J connectivity index is 1.83. The summed E-state index contributed by atoms with van der Waals surface area (Å²) in [6.45, 7) is 2.31. The van der Waals surface area contributed by atoms with E-state index < -0.39 is 6.10 Å². The molecule has 2 aromatic rings. The molecule has 2 aliphatic rings. The van der Waals surface area contributed by atoms with Crippen molar-refractivity contribution in [3.05, 3.63) is 35.3 Å². The first kappa shape index (κ1) is 13.2. The van der Waals surface area contributed by atoms with Crippen LogP contribution in [0.5, 0.6) is 0 Å². The van der Waals surface area contributed by atoms with Gasteiger partial charge in [-0.1, -0.05) is 12.1 Å². The van der Waals surface area contributed by atoms with Gasteiger partial charge in [0, 0.05) is 24.0 Å². The third kappa shape index (κ3) is 2.08. The second kappa shape index (κ2) is 4.80. The Hall–Kier alpha value is -1.43. The Bertz CT molecular complexity index is 690. The molecule has 1 aromatic carbocycles. The molecule has 1 saturated heterocycles. The van der Waals surface area contributed by atoms with Gasteiger partial charge in [0.25, 0.3) is 0 Å². The molecule has 21 heavy (non-hydrogen) atoms. The topological polar surface area (TPSA) is 43.6 Å². The van der Waals surface area contributed by atoms with E-state index in [2.05, 4.69) is 0 Å². The molecule has 3 heterocycles. The van der Waals surface area contributed by atoms with Crippen molar-refractivity contribution < 1.29 is 19.0 Å². The van der Waals surface area contributed by atoms with Gasteiger partial charge < -0.3 is 19.1 Å².